The van der Waals surface area contributed by atoms with Gasteiger partial charge >= 0.3 is 0 Å². The van der Waals surface area contributed by atoms with Crippen LogP contribution in [0.1, 0.15) is 57.1 Å². The highest BCUT2D eigenvalue weighted by Gasteiger charge is 2.51. The normalized spacial score (nSPS) is 31.4. The smallest absolute Gasteiger partial charge is 0.119 e. The van der Waals surface area contributed by atoms with Crippen LogP contribution in [0, 0.1) is 10.8 Å². The second kappa shape index (κ2) is 5.23. The molecule has 0 spiro atoms. The van der Waals surface area contributed by atoms with E-state index in [0.717, 1.165) is 31.4 Å². The van der Waals surface area contributed by atoms with Crippen LogP contribution in [0.4, 0.5) is 0 Å². The van der Waals surface area contributed by atoms with Crippen molar-refractivity contribution in [1.82, 2.24) is 0 Å². The molecule has 2 aliphatic rings. The summed E-state index contributed by atoms with van der Waals surface area (Å²) in [5.74, 6) is 1.36. The van der Waals surface area contributed by atoms with Crippen molar-refractivity contribution >= 4 is 10.8 Å². The number of hydrogen-bond donors (Lipinski definition) is 1. The van der Waals surface area contributed by atoms with Gasteiger partial charge in [0.2, 0.25) is 0 Å². The zero-order valence-corrected chi connectivity index (χ0v) is 15.2. The molecular weight excluding hydrogens is 296 g/mol. The largest absolute Gasteiger partial charge is 0.497 e. The minimum Gasteiger partial charge on any atom is -0.497 e. The molecule has 0 radical (unpaired) electrons. The van der Waals surface area contributed by atoms with Crippen molar-refractivity contribution in [3.63, 3.8) is 0 Å². The summed E-state index contributed by atoms with van der Waals surface area (Å²) in [5, 5.41) is 13.5. The van der Waals surface area contributed by atoms with Gasteiger partial charge in [-0.25, -0.2) is 0 Å². The fourth-order valence-corrected chi connectivity index (χ4v) is 5.18. The zero-order chi connectivity index (χ0) is 17.1. The van der Waals surface area contributed by atoms with E-state index in [0.29, 0.717) is 5.92 Å². The first-order chi connectivity index (χ1) is 11.3. The highest BCUT2D eigenvalue weighted by molar-refractivity contribution is 5.88. The number of aliphatic hydroxyl groups excluding tert-OH is 1. The van der Waals surface area contributed by atoms with E-state index in [-0.39, 0.29) is 16.9 Å². The molecule has 0 amide bonds. The highest BCUT2D eigenvalue weighted by Crippen LogP contribution is 2.58. The SMILES string of the molecule is COc1ccc2c3c(ccc2c1)[C@@H]1CC(C)(C)C[C@H](O)[C@@]1(C)CC3. The lowest BCUT2D eigenvalue weighted by Crippen LogP contribution is -2.49. The summed E-state index contributed by atoms with van der Waals surface area (Å²) in [6.07, 6.45) is 4.01. The molecule has 2 heteroatoms. The number of benzene rings is 2. The number of rotatable bonds is 1. The minimum absolute atomic E-state index is 0.0165. The molecule has 3 atom stereocenters. The van der Waals surface area contributed by atoms with Crippen LogP contribution in [0.25, 0.3) is 10.8 Å². The summed E-state index contributed by atoms with van der Waals surface area (Å²) in [4.78, 5) is 0. The maximum atomic E-state index is 10.9. The zero-order valence-electron chi connectivity index (χ0n) is 15.2. The summed E-state index contributed by atoms with van der Waals surface area (Å²) in [6, 6.07) is 10.9. The Balaban J connectivity index is 1.87. The quantitative estimate of drug-likeness (QED) is 0.794. The predicted octanol–water partition coefficient (Wildman–Crippen LogP) is 5.07. The van der Waals surface area contributed by atoms with E-state index in [4.69, 9.17) is 4.74 Å². The van der Waals surface area contributed by atoms with Crippen LogP contribution < -0.4 is 4.74 Å². The maximum Gasteiger partial charge on any atom is 0.119 e. The van der Waals surface area contributed by atoms with Crippen LogP contribution in [-0.2, 0) is 6.42 Å². The van der Waals surface area contributed by atoms with E-state index >= 15 is 0 Å². The lowest BCUT2D eigenvalue weighted by Gasteiger charge is -2.54. The van der Waals surface area contributed by atoms with Crippen LogP contribution >= 0.6 is 0 Å². The topological polar surface area (TPSA) is 29.5 Å². The Labute approximate surface area is 144 Å². The average molecular weight is 324 g/mol. The van der Waals surface area contributed by atoms with E-state index in [9.17, 15) is 5.11 Å². The number of hydrogen-bond acceptors (Lipinski definition) is 2. The van der Waals surface area contributed by atoms with Gasteiger partial charge in [-0.3, -0.25) is 0 Å². The van der Waals surface area contributed by atoms with E-state index in [1.54, 1.807) is 7.11 Å². The molecule has 0 unspecified atom stereocenters. The first kappa shape index (κ1) is 16.0. The van der Waals surface area contributed by atoms with E-state index < -0.39 is 0 Å². The molecule has 128 valence electrons. The second-order valence-corrected chi connectivity index (χ2v) is 8.87. The highest BCUT2D eigenvalue weighted by atomic mass is 16.5. The Hall–Kier alpha value is -1.54. The summed E-state index contributed by atoms with van der Waals surface area (Å²) in [6.45, 7) is 6.91. The summed E-state index contributed by atoms with van der Waals surface area (Å²) in [7, 11) is 1.72. The molecular formula is C22H28O2. The van der Waals surface area contributed by atoms with Crippen LogP contribution in [-0.4, -0.2) is 18.3 Å². The molecule has 2 aromatic carbocycles. The van der Waals surface area contributed by atoms with Crippen molar-refractivity contribution < 1.29 is 9.84 Å². The Bertz CT molecular complexity index is 792. The first-order valence-corrected chi connectivity index (χ1v) is 9.12. The van der Waals surface area contributed by atoms with Gasteiger partial charge in [-0.15, -0.1) is 0 Å². The standard InChI is InChI=1S/C22H28O2/c1-21(2)12-19-18-7-5-14-11-15(24-4)6-8-16(14)17(18)9-10-22(19,3)20(23)13-21/h5-8,11,19-20,23H,9-10,12-13H2,1-4H3/t19-,20-,22-/m0/s1. The number of ether oxygens (including phenoxy) is 1. The van der Waals surface area contributed by atoms with E-state index in [1.807, 2.05) is 0 Å². The Kier molecular flexibility index (Phi) is 3.47. The van der Waals surface area contributed by atoms with Gasteiger partial charge in [0.25, 0.3) is 0 Å². The average Bonchev–Trinajstić information content (AvgIpc) is 2.55. The molecule has 0 heterocycles. The predicted molar refractivity (Wildman–Crippen MR) is 98.7 cm³/mol. The first-order valence-electron chi connectivity index (χ1n) is 9.12. The molecule has 0 aliphatic heterocycles. The maximum absolute atomic E-state index is 10.9. The molecule has 0 saturated heterocycles. The molecule has 1 saturated carbocycles. The van der Waals surface area contributed by atoms with Gasteiger partial charge in [0, 0.05) is 5.41 Å². The van der Waals surface area contributed by atoms with Crippen molar-refractivity contribution in [2.75, 3.05) is 7.11 Å². The lowest BCUT2D eigenvalue weighted by molar-refractivity contribution is -0.0677. The van der Waals surface area contributed by atoms with Crippen molar-refractivity contribution in [1.29, 1.82) is 0 Å². The van der Waals surface area contributed by atoms with Gasteiger partial charge in [0.15, 0.2) is 0 Å². The summed E-state index contributed by atoms with van der Waals surface area (Å²) >= 11 is 0. The molecule has 0 bridgehead atoms. The van der Waals surface area contributed by atoms with Crippen molar-refractivity contribution in [3.05, 3.63) is 41.5 Å². The number of aliphatic hydroxyl groups is 1. The van der Waals surface area contributed by atoms with Crippen molar-refractivity contribution in [2.24, 2.45) is 10.8 Å². The third-order valence-electron chi connectivity index (χ3n) is 6.72. The van der Waals surface area contributed by atoms with Crippen LogP contribution in [0.15, 0.2) is 30.3 Å². The van der Waals surface area contributed by atoms with E-state index in [2.05, 4.69) is 51.1 Å². The Morgan fingerprint density at radius 2 is 1.88 bits per heavy atom. The van der Waals surface area contributed by atoms with Gasteiger partial charge in [0.05, 0.1) is 13.2 Å². The summed E-state index contributed by atoms with van der Waals surface area (Å²) in [5.41, 5.74) is 3.17. The molecule has 4 rings (SSSR count). The number of aryl methyl sites for hydroxylation is 1. The van der Waals surface area contributed by atoms with Gasteiger partial charge < -0.3 is 9.84 Å². The fraction of sp³-hybridized carbons (Fsp3) is 0.545. The van der Waals surface area contributed by atoms with Gasteiger partial charge in [-0.05, 0) is 71.0 Å². The number of methoxy groups -OCH3 is 1. The molecule has 24 heavy (non-hydrogen) atoms. The van der Waals surface area contributed by atoms with Crippen LogP contribution in [0.5, 0.6) is 5.75 Å². The van der Waals surface area contributed by atoms with Gasteiger partial charge in [-0.2, -0.15) is 0 Å². The second-order valence-electron chi connectivity index (χ2n) is 8.87. The Morgan fingerprint density at radius 3 is 2.62 bits per heavy atom. The third kappa shape index (κ3) is 2.27. The van der Waals surface area contributed by atoms with E-state index in [1.165, 1.54) is 21.9 Å². The van der Waals surface area contributed by atoms with Gasteiger partial charge in [0.1, 0.15) is 5.75 Å². The summed E-state index contributed by atoms with van der Waals surface area (Å²) < 4.78 is 5.38. The molecule has 2 nitrogen and oxygen atoms in total. The molecule has 1 fully saturated rings. The lowest BCUT2D eigenvalue weighted by atomic mass is 9.52. The van der Waals surface area contributed by atoms with Crippen LogP contribution in [0.2, 0.25) is 0 Å². The van der Waals surface area contributed by atoms with Crippen LogP contribution in [0.3, 0.4) is 0 Å². The van der Waals surface area contributed by atoms with Crippen molar-refractivity contribution in [2.45, 2.75) is 58.5 Å². The van der Waals surface area contributed by atoms with Crippen molar-refractivity contribution in [3.8, 4) is 5.75 Å². The Morgan fingerprint density at radius 1 is 1.08 bits per heavy atom. The molecule has 0 aromatic heterocycles. The minimum atomic E-state index is -0.203. The monoisotopic (exact) mass is 324 g/mol. The molecule has 2 aliphatic carbocycles. The fourth-order valence-electron chi connectivity index (χ4n) is 5.18. The van der Waals surface area contributed by atoms with Gasteiger partial charge in [-0.1, -0.05) is 39.0 Å². The number of fused-ring (bicyclic) bond motifs is 5. The molecule has 1 N–H and O–H groups in total. The molecule has 2 aromatic rings. The third-order valence-corrected chi connectivity index (χ3v) is 6.72.